The molecule has 3 rings (SSSR count). The molecule has 0 radical (unpaired) electrons. The summed E-state index contributed by atoms with van der Waals surface area (Å²) in [5.41, 5.74) is 2.58. The van der Waals surface area contributed by atoms with Crippen molar-refractivity contribution >= 4 is 5.69 Å². The number of anilines is 1. The van der Waals surface area contributed by atoms with Crippen LogP contribution in [0, 0.1) is 12.3 Å². The molecule has 1 fully saturated rings. The van der Waals surface area contributed by atoms with Gasteiger partial charge >= 0.3 is 0 Å². The number of aryl methyl sites for hydroxylation is 1. The molecule has 2 aromatic rings. The average Bonchev–Trinajstić information content (AvgIpc) is 2.97. The van der Waals surface area contributed by atoms with Gasteiger partial charge in [-0.2, -0.15) is 5.10 Å². The minimum Gasteiger partial charge on any atom is -0.382 e. The largest absolute Gasteiger partial charge is 0.382 e. The Balaban J connectivity index is 1.81. The van der Waals surface area contributed by atoms with Crippen molar-refractivity contribution in [1.82, 2.24) is 15.2 Å². The Morgan fingerprint density at radius 1 is 1.35 bits per heavy atom. The van der Waals surface area contributed by atoms with Gasteiger partial charge in [0.05, 0.1) is 0 Å². The molecular weight excluding hydrogens is 248 g/mol. The Labute approximate surface area is 120 Å². The van der Waals surface area contributed by atoms with E-state index in [0.29, 0.717) is 11.5 Å². The van der Waals surface area contributed by atoms with E-state index in [1.807, 2.05) is 13.0 Å². The highest BCUT2D eigenvalue weighted by Gasteiger charge is 2.34. The van der Waals surface area contributed by atoms with Gasteiger partial charge in [0, 0.05) is 17.3 Å². The molecule has 1 saturated carbocycles. The Hall–Kier alpha value is -1.84. The fourth-order valence-electron chi connectivity index (χ4n) is 3.02. The first-order valence-corrected chi connectivity index (χ1v) is 7.30. The van der Waals surface area contributed by atoms with E-state index in [2.05, 4.69) is 52.5 Å². The van der Waals surface area contributed by atoms with Gasteiger partial charge in [0.1, 0.15) is 5.82 Å². The molecule has 106 valence electrons. The Bertz CT molecular complexity index is 600. The van der Waals surface area contributed by atoms with E-state index in [9.17, 15) is 0 Å². The Morgan fingerprint density at radius 2 is 2.20 bits per heavy atom. The topological polar surface area (TPSA) is 53.6 Å². The molecule has 2 N–H and O–H groups in total. The summed E-state index contributed by atoms with van der Waals surface area (Å²) in [5, 5.41) is 10.8. The summed E-state index contributed by atoms with van der Waals surface area (Å²) in [6.45, 7) is 6.61. The van der Waals surface area contributed by atoms with Gasteiger partial charge in [0.25, 0.3) is 0 Å². The summed E-state index contributed by atoms with van der Waals surface area (Å²) in [5.74, 6) is 1.60. The molecule has 0 amide bonds. The van der Waals surface area contributed by atoms with Crippen LogP contribution < -0.4 is 5.32 Å². The van der Waals surface area contributed by atoms with Crippen LogP contribution in [0.5, 0.6) is 0 Å². The molecule has 1 aromatic heterocycles. The summed E-state index contributed by atoms with van der Waals surface area (Å²) in [6.07, 6.45) is 3.85. The van der Waals surface area contributed by atoms with Crippen molar-refractivity contribution in [2.45, 2.75) is 46.1 Å². The maximum Gasteiger partial charge on any atom is 0.181 e. The lowest BCUT2D eigenvalue weighted by molar-refractivity contribution is 0.350. The SMILES string of the molecule is Cc1nc(-c2cccc(NC3CCCC3(C)C)c2)n[nH]1. The lowest BCUT2D eigenvalue weighted by atomic mass is 9.87. The molecule has 1 aliphatic carbocycles. The monoisotopic (exact) mass is 270 g/mol. The quantitative estimate of drug-likeness (QED) is 0.892. The summed E-state index contributed by atoms with van der Waals surface area (Å²) in [6, 6.07) is 8.92. The molecule has 0 spiro atoms. The van der Waals surface area contributed by atoms with Crippen molar-refractivity contribution in [2.24, 2.45) is 5.41 Å². The van der Waals surface area contributed by atoms with Crippen LogP contribution in [-0.4, -0.2) is 21.2 Å². The van der Waals surface area contributed by atoms with E-state index in [1.54, 1.807) is 0 Å². The number of nitrogens with zero attached hydrogens (tertiary/aromatic N) is 2. The molecule has 0 saturated heterocycles. The van der Waals surface area contributed by atoms with Crippen molar-refractivity contribution in [2.75, 3.05) is 5.32 Å². The lowest BCUT2D eigenvalue weighted by Gasteiger charge is -2.28. The van der Waals surface area contributed by atoms with Crippen LogP contribution in [0.4, 0.5) is 5.69 Å². The maximum absolute atomic E-state index is 4.39. The average molecular weight is 270 g/mol. The molecule has 1 heterocycles. The summed E-state index contributed by atoms with van der Waals surface area (Å²) in [7, 11) is 0. The zero-order chi connectivity index (χ0) is 14.2. The first-order valence-electron chi connectivity index (χ1n) is 7.30. The standard InChI is InChI=1S/C16H22N4/c1-11-17-15(20-19-11)12-6-4-7-13(10-12)18-14-8-5-9-16(14,2)3/h4,6-7,10,14,18H,5,8-9H2,1-3H3,(H,17,19,20). The van der Waals surface area contributed by atoms with Gasteiger partial charge in [0.2, 0.25) is 0 Å². The van der Waals surface area contributed by atoms with Gasteiger partial charge in [-0.05, 0) is 37.3 Å². The first-order chi connectivity index (χ1) is 9.54. The van der Waals surface area contributed by atoms with Crippen molar-refractivity contribution in [3.63, 3.8) is 0 Å². The zero-order valence-electron chi connectivity index (χ0n) is 12.4. The van der Waals surface area contributed by atoms with Gasteiger partial charge in [-0.25, -0.2) is 4.98 Å². The van der Waals surface area contributed by atoms with Gasteiger partial charge in [-0.15, -0.1) is 0 Å². The number of benzene rings is 1. The fraction of sp³-hybridized carbons (Fsp3) is 0.500. The highest BCUT2D eigenvalue weighted by Crippen LogP contribution is 2.39. The third-order valence-corrected chi connectivity index (χ3v) is 4.32. The van der Waals surface area contributed by atoms with E-state index in [0.717, 1.165) is 22.9 Å². The predicted octanol–water partition coefficient (Wildman–Crippen LogP) is 3.77. The lowest BCUT2D eigenvalue weighted by Crippen LogP contribution is -2.30. The smallest absolute Gasteiger partial charge is 0.181 e. The van der Waals surface area contributed by atoms with Crippen LogP contribution in [-0.2, 0) is 0 Å². The maximum atomic E-state index is 4.39. The molecular formula is C16H22N4. The van der Waals surface area contributed by atoms with E-state index in [-0.39, 0.29) is 0 Å². The minimum atomic E-state index is 0.372. The van der Waals surface area contributed by atoms with Gasteiger partial charge in [0.15, 0.2) is 5.82 Å². The summed E-state index contributed by atoms with van der Waals surface area (Å²) < 4.78 is 0. The van der Waals surface area contributed by atoms with Crippen LogP contribution in [0.3, 0.4) is 0 Å². The van der Waals surface area contributed by atoms with Gasteiger partial charge in [-0.1, -0.05) is 32.4 Å². The number of aromatic nitrogens is 3. The molecule has 4 heteroatoms. The third kappa shape index (κ3) is 2.55. The van der Waals surface area contributed by atoms with Crippen LogP contribution in [0.2, 0.25) is 0 Å². The van der Waals surface area contributed by atoms with Crippen LogP contribution in [0.25, 0.3) is 11.4 Å². The van der Waals surface area contributed by atoms with E-state index in [4.69, 9.17) is 0 Å². The van der Waals surface area contributed by atoms with Crippen molar-refractivity contribution in [3.8, 4) is 11.4 Å². The van der Waals surface area contributed by atoms with Crippen LogP contribution in [0.1, 0.15) is 38.9 Å². The number of aromatic amines is 1. The second kappa shape index (κ2) is 4.93. The molecule has 4 nitrogen and oxygen atoms in total. The number of nitrogens with one attached hydrogen (secondary N) is 2. The first kappa shape index (κ1) is 13.2. The number of rotatable bonds is 3. The minimum absolute atomic E-state index is 0.372. The normalized spacial score (nSPS) is 21.1. The molecule has 1 unspecified atom stereocenters. The molecule has 0 aliphatic heterocycles. The molecule has 1 aliphatic rings. The van der Waals surface area contributed by atoms with Gasteiger partial charge in [-0.3, -0.25) is 5.10 Å². The van der Waals surface area contributed by atoms with Crippen molar-refractivity contribution < 1.29 is 0 Å². The third-order valence-electron chi connectivity index (χ3n) is 4.32. The number of hydrogen-bond donors (Lipinski definition) is 2. The Morgan fingerprint density at radius 3 is 2.85 bits per heavy atom. The van der Waals surface area contributed by atoms with Crippen LogP contribution >= 0.6 is 0 Å². The fourth-order valence-corrected chi connectivity index (χ4v) is 3.02. The zero-order valence-corrected chi connectivity index (χ0v) is 12.4. The summed E-state index contributed by atoms with van der Waals surface area (Å²) >= 11 is 0. The second-order valence-corrected chi connectivity index (χ2v) is 6.40. The van der Waals surface area contributed by atoms with E-state index in [1.165, 1.54) is 19.3 Å². The molecule has 0 bridgehead atoms. The second-order valence-electron chi connectivity index (χ2n) is 6.40. The van der Waals surface area contributed by atoms with Crippen molar-refractivity contribution in [1.29, 1.82) is 0 Å². The van der Waals surface area contributed by atoms with Gasteiger partial charge < -0.3 is 5.32 Å². The molecule has 1 atom stereocenters. The molecule has 20 heavy (non-hydrogen) atoms. The number of hydrogen-bond acceptors (Lipinski definition) is 3. The Kier molecular flexibility index (Phi) is 3.24. The molecule has 1 aromatic carbocycles. The highest BCUT2D eigenvalue weighted by molar-refractivity contribution is 5.62. The highest BCUT2D eigenvalue weighted by atomic mass is 15.2. The van der Waals surface area contributed by atoms with Crippen molar-refractivity contribution in [3.05, 3.63) is 30.1 Å². The van der Waals surface area contributed by atoms with E-state index < -0.39 is 0 Å². The van der Waals surface area contributed by atoms with Crippen LogP contribution in [0.15, 0.2) is 24.3 Å². The predicted molar refractivity (Wildman–Crippen MR) is 81.6 cm³/mol. The summed E-state index contributed by atoms with van der Waals surface area (Å²) in [4.78, 5) is 4.39. The number of H-pyrrole nitrogens is 1. The van der Waals surface area contributed by atoms with E-state index >= 15 is 0 Å².